The number of thiophene rings is 1. The highest BCUT2D eigenvalue weighted by atomic mass is 32.1. The molecule has 0 fully saturated rings. The van der Waals surface area contributed by atoms with Crippen LogP contribution in [0, 0.1) is 0 Å². The van der Waals surface area contributed by atoms with Crippen LogP contribution in [0.15, 0.2) is 36.4 Å². The molecule has 1 heterocycles. The fourth-order valence-corrected chi connectivity index (χ4v) is 3.05. The highest BCUT2D eigenvalue weighted by Gasteiger charge is 2.17. The average Bonchev–Trinajstić information content (AvgIpc) is 2.79. The van der Waals surface area contributed by atoms with Crippen molar-refractivity contribution in [2.45, 2.75) is 32.8 Å². The lowest BCUT2D eigenvalue weighted by Gasteiger charge is -2.15. The molecule has 0 saturated heterocycles. The summed E-state index contributed by atoms with van der Waals surface area (Å²) in [6.07, 6.45) is 0. The summed E-state index contributed by atoms with van der Waals surface area (Å²) in [7, 11) is 1.74. The van der Waals surface area contributed by atoms with Crippen molar-refractivity contribution in [3.8, 4) is 10.4 Å². The van der Waals surface area contributed by atoms with Crippen molar-refractivity contribution in [3.63, 3.8) is 0 Å². The van der Waals surface area contributed by atoms with E-state index in [4.69, 9.17) is 4.74 Å². The van der Waals surface area contributed by atoms with E-state index in [1.165, 1.54) is 20.9 Å². The molecular formula is C16H20OS. The maximum absolute atomic E-state index is 5.27. The molecule has 0 aliphatic heterocycles. The Morgan fingerprint density at radius 1 is 1.06 bits per heavy atom. The fourth-order valence-electron chi connectivity index (χ4n) is 1.93. The molecule has 18 heavy (non-hydrogen) atoms. The monoisotopic (exact) mass is 260 g/mol. The summed E-state index contributed by atoms with van der Waals surface area (Å²) >= 11 is 1.88. The first-order chi connectivity index (χ1) is 8.52. The Morgan fingerprint density at radius 3 is 2.39 bits per heavy atom. The van der Waals surface area contributed by atoms with Gasteiger partial charge >= 0.3 is 0 Å². The van der Waals surface area contributed by atoms with Gasteiger partial charge in [-0.25, -0.2) is 0 Å². The lowest BCUT2D eigenvalue weighted by molar-refractivity contribution is 0.185. The van der Waals surface area contributed by atoms with E-state index in [1.54, 1.807) is 7.11 Å². The Kier molecular flexibility index (Phi) is 3.88. The first-order valence-electron chi connectivity index (χ1n) is 6.20. The molecule has 0 unspecified atom stereocenters. The van der Waals surface area contributed by atoms with Crippen LogP contribution in [-0.2, 0) is 16.8 Å². The molecule has 1 aromatic carbocycles. The second-order valence-electron chi connectivity index (χ2n) is 5.50. The maximum atomic E-state index is 5.27. The van der Waals surface area contributed by atoms with E-state index in [-0.39, 0.29) is 5.41 Å². The Bertz CT molecular complexity index is 520. The first kappa shape index (κ1) is 13.3. The van der Waals surface area contributed by atoms with Gasteiger partial charge in [0.05, 0.1) is 6.61 Å². The van der Waals surface area contributed by atoms with E-state index in [0.717, 1.165) is 0 Å². The lowest BCUT2D eigenvalue weighted by Crippen LogP contribution is -2.07. The molecule has 96 valence electrons. The zero-order valence-electron chi connectivity index (χ0n) is 11.5. The van der Waals surface area contributed by atoms with Crippen LogP contribution < -0.4 is 0 Å². The quantitative estimate of drug-likeness (QED) is 0.766. The van der Waals surface area contributed by atoms with Gasteiger partial charge in [0, 0.05) is 16.9 Å². The lowest BCUT2D eigenvalue weighted by atomic mass is 9.95. The van der Waals surface area contributed by atoms with Crippen LogP contribution >= 0.6 is 11.3 Å². The SMILES string of the molecule is COCc1ccccc1-c1ccc(C(C)(C)C)s1. The number of benzene rings is 1. The zero-order valence-corrected chi connectivity index (χ0v) is 12.3. The van der Waals surface area contributed by atoms with Crippen molar-refractivity contribution in [3.05, 3.63) is 46.8 Å². The van der Waals surface area contributed by atoms with Gasteiger partial charge in [-0.05, 0) is 28.7 Å². The summed E-state index contributed by atoms with van der Waals surface area (Å²) in [6, 6.07) is 12.9. The zero-order chi connectivity index (χ0) is 13.2. The summed E-state index contributed by atoms with van der Waals surface area (Å²) in [5.74, 6) is 0. The minimum absolute atomic E-state index is 0.221. The van der Waals surface area contributed by atoms with Crippen molar-refractivity contribution in [1.82, 2.24) is 0 Å². The molecule has 2 heteroatoms. The van der Waals surface area contributed by atoms with Crippen molar-refractivity contribution in [2.24, 2.45) is 0 Å². The summed E-state index contributed by atoms with van der Waals surface area (Å²) in [5, 5.41) is 0. The smallest absolute Gasteiger partial charge is 0.0719 e. The Hall–Kier alpha value is -1.12. The van der Waals surface area contributed by atoms with Crippen LogP contribution in [0.5, 0.6) is 0 Å². The van der Waals surface area contributed by atoms with Crippen LogP contribution in [0.2, 0.25) is 0 Å². The fraction of sp³-hybridized carbons (Fsp3) is 0.375. The van der Waals surface area contributed by atoms with E-state index in [0.29, 0.717) is 6.61 Å². The molecule has 1 aromatic heterocycles. The normalized spacial score (nSPS) is 11.8. The van der Waals surface area contributed by atoms with E-state index >= 15 is 0 Å². The van der Waals surface area contributed by atoms with Crippen LogP contribution in [0.3, 0.4) is 0 Å². The molecule has 2 aromatic rings. The van der Waals surface area contributed by atoms with Crippen molar-refractivity contribution >= 4 is 11.3 Å². The molecule has 0 radical (unpaired) electrons. The highest BCUT2D eigenvalue weighted by molar-refractivity contribution is 7.15. The third kappa shape index (κ3) is 2.82. The predicted molar refractivity (Wildman–Crippen MR) is 79.2 cm³/mol. The standard InChI is InChI=1S/C16H20OS/c1-16(2,3)15-10-9-14(18-15)13-8-6-5-7-12(13)11-17-4/h5-10H,11H2,1-4H3. The number of hydrogen-bond acceptors (Lipinski definition) is 2. The van der Waals surface area contributed by atoms with Gasteiger partial charge in [0.1, 0.15) is 0 Å². The van der Waals surface area contributed by atoms with Gasteiger partial charge in [-0.2, -0.15) is 0 Å². The van der Waals surface area contributed by atoms with Crippen LogP contribution in [0.4, 0.5) is 0 Å². The molecule has 0 aliphatic rings. The van der Waals surface area contributed by atoms with Crippen molar-refractivity contribution < 1.29 is 4.74 Å². The Labute approximate surface area is 113 Å². The van der Waals surface area contributed by atoms with Crippen LogP contribution in [-0.4, -0.2) is 7.11 Å². The molecular weight excluding hydrogens is 240 g/mol. The Morgan fingerprint density at radius 2 is 1.78 bits per heavy atom. The molecule has 1 nitrogen and oxygen atoms in total. The number of hydrogen-bond donors (Lipinski definition) is 0. The highest BCUT2D eigenvalue weighted by Crippen LogP contribution is 2.36. The second-order valence-corrected chi connectivity index (χ2v) is 6.59. The average molecular weight is 260 g/mol. The molecule has 0 amide bonds. The van der Waals surface area contributed by atoms with Gasteiger partial charge in [0.25, 0.3) is 0 Å². The molecule has 0 atom stereocenters. The summed E-state index contributed by atoms with van der Waals surface area (Å²) in [5.41, 5.74) is 2.77. The summed E-state index contributed by atoms with van der Waals surface area (Å²) in [6.45, 7) is 7.43. The number of rotatable bonds is 3. The first-order valence-corrected chi connectivity index (χ1v) is 7.01. The molecule has 0 saturated carbocycles. The van der Waals surface area contributed by atoms with Crippen molar-refractivity contribution in [2.75, 3.05) is 7.11 Å². The van der Waals surface area contributed by atoms with Gasteiger partial charge in [-0.1, -0.05) is 45.0 Å². The topological polar surface area (TPSA) is 9.23 Å². The third-order valence-electron chi connectivity index (χ3n) is 2.93. The van der Waals surface area contributed by atoms with Gasteiger partial charge in [0.2, 0.25) is 0 Å². The largest absolute Gasteiger partial charge is 0.380 e. The van der Waals surface area contributed by atoms with E-state index in [9.17, 15) is 0 Å². The van der Waals surface area contributed by atoms with Crippen molar-refractivity contribution in [1.29, 1.82) is 0 Å². The maximum Gasteiger partial charge on any atom is 0.0719 e. The van der Waals surface area contributed by atoms with E-state index in [1.807, 2.05) is 11.3 Å². The molecule has 0 bridgehead atoms. The number of methoxy groups -OCH3 is 1. The van der Waals surface area contributed by atoms with Crippen LogP contribution in [0.25, 0.3) is 10.4 Å². The van der Waals surface area contributed by atoms with Gasteiger partial charge in [-0.15, -0.1) is 11.3 Å². The predicted octanol–water partition coefficient (Wildman–Crippen LogP) is 4.86. The van der Waals surface area contributed by atoms with Gasteiger partial charge in [-0.3, -0.25) is 0 Å². The summed E-state index contributed by atoms with van der Waals surface area (Å²) in [4.78, 5) is 2.75. The van der Waals surface area contributed by atoms with Gasteiger partial charge in [0.15, 0.2) is 0 Å². The van der Waals surface area contributed by atoms with Crippen LogP contribution in [0.1, 0.15) is 31.2 Å². The second kappa shape index (κ2) is 5.25. The Balaban J connectivity index is 2.40. The molecule has 0 spiro atoms. The summed E-state index contributed by atoms with van der Waals surface area (Å²) < 4.78 is 5.27. The van der Waals surface area contributed by atoms with E-state index < -0.39 is 0 Å². The minimum atomic E-state index is 0.221. The van der Waals surface area contributed by atoms with Gasteiger partial charge < -0.3 is 4.74 Å². The minimum Gasteiger partial charge on any atom is -0.380 e. The third-order valence-corrected chi connectivity index (χ3v) is 4.47. The molecule has 2 rings (SSSR count). The van der Waals surface area contributed by atoms with E-state index in [2.05, 4.69) is 57.2 Å². The molecule has 0 N–H and O–H groups in total. The number of ether oxygens (including phenoxy) is 1. The molecule has 0 aliphatic carbocycles.